The number of aliphatic hydroxyl groups is 1. The highest BCUT2D eigenvalue weighted by atomic mass is 16.3. The van der Waals surface area contributed by atoms with E-state index in [-0.39, 0.29) is 6.10 Å². The summed E-state index contributed by atoms with van der Waals surface area (Å²) in [5, 5.41) is 9.98. The fourth-order valence-electron chi connectivity index (χ4n) is 3.51. The van der Waals surface area contributed by atoms with E-state index in [1.807, 2.05) is 6.92 Å². The summed E-state index contributed by atoms with van der Waals surface area (Å²) in [5.41, 5.74) is -0.421. The van der Waals surface area contributed by atoms with E-state index in [1.165, 1.54) is 0 Å². The summed E-state index contributed by atoms with van der Waals surface area (Å²) >= 11 is 0. The Morgan fingerprint density at radius 1 is 1.36 bits per heavy atom. The van der Waals surface area contributed by atoms with E-state index < -0.39 is 5.41 Å². The largest absolute Gasteiger partial charge is 0.392 e. The minimum absolute atomic E-state index is 0.303. The Labute approximate surface area is 85.7 Å². The molecule has 0 aromatic heterocycles. The Bertz CT molecular complexity index is 249. The van der Waals surface area contributed by atoms with Gasteiger partial charge in [-0.15, -0.1) is 0 Å². The monoisotopic (exact) mass is 196 g/mol. The molecule has 2 aliphatic rings. The number of Topliss-reactive ketones (excluding diaryl/α,β-unsaturated/α-hetero) is 1. The summed E-state index contributed by atoms with van der Waals surface area (Å²) in [6.07, 6.45) is 4.30. The lowest BCUT2D eigenvalue weighted by Gasteiger charge is -2.34. The van der Waals surface area contributed by atoms with Crippen LogP contribution in [-0.2, 0) is 4.79 Å². The SMILES string of the molecule is C[C@@H]1CCCC(=O)[C@]2(C)[C@H](O)CC[C@@H]12. The van der Waals surface area contributed by atoms with Crippen molar-refractivity contribution >= 4 is 5.78 Å². The normalized spacial score (nSPS) is 48.8. The van der Waals surface area contributed by atoms with Gasteiger partial charge in [0.2, 0.25) is 0 Å². The molecule has 0 amide bonds. The molecule has 0 spiro atoms. The summed E-state index contributed by atoms with van der Waals surface area (Å²) in [7, 11) is 0. The van der Waals surface area contributed by atoms with Crippen LogP contribution >= 0.6 is 0 Å². The third-order valence-corrected chi connectivity index (χ3v) is 4.56. The maximum atomic E-state index is 12.0. The molecule has 0 unspecified atom stereocenters. The summed E-state index contributed by atoms with van der Waals surface area (Å²) < 4.78 is 0. The maximum absolute atomic E-state index is 12.0. The van der Waals surface area contributed by atoms with Crippen molar-refractivity contribution in [2.24, 2.45) is 17.3 Å². The van der Waals surface area contributed by atoms with Gasteiger partial charge in [-0.2, -0.15) is 0 Å². The predicted molar refractivity (Wildman–Crippen MR) is 54.9 cm³/mol. The van der Waals surface area contributed by atoms with E-state index in [2.05, 4.69) is 6.92 Å². The van der Waals surface area contributed by atoms with Crippen molar-refractivity contribution < 1.29 is 9.90 Å². The average molecular weight is 196 g/mol. The van der Waals surface area contributed by atoms with E-state index in [4.69, 9.17) is 0 Å². The first-order valence-corrected chi connectivity index (χ1v) is 5.78. The van der Waals surface area contributed by atoms with Crippen LogP contribution in [0.4, 0.5) is 0 Å². The van der Waals surface area contributed by atoms with Gasteiger partial charge in [-0.1, -0.05) is 6.92 Å². The molecule has 0 heterocycles. The third kappa shape index (κ3) is 1.23. The number of rotatable bonds is 0. The van der Waals surface area contributed by atoms with Crippen LogP contribution < -0.4 is 0 Å². The highest BCUT2D eigenvalue weighted by Gasteiger charge is 2.53. The standard InChI is InChI=1S/C12H20O2/c1-8-4-3-5-10(13)12(2)9(8)6-7-11(12)14/h8-9,11,14H,3-7H2,1-2H3/t8-,9+,11-,12-/m1/s1. The second-order valence-electron chi connectivity index (χ2n) is 5.28. The zero-order valence-corrected chi connectivity index (χ0v) is 9.12. The van der Waals surface area contributed by atoms with E-state index in [9.17, 15) is 9.90 Å². The minimum Gasteiger partial charge on any atom is -0.392 e. The fraction of sp³-hybridized carbons (Fsp3) is 0.917. The highest BCUT2D eigenvalue weighted by Crippen LogP contribution is 2.51. The molecule has 0 bridgehead atoms. The molecule has 2 aliphatic carbocycles. The Morgan fingerprint density at radius 3 is 2.79 bits per heavy atom. The van der Waals surface area contributed by atoms with Crippen LogP contribution in [0.1, 0.15) is 46.0 Å². The average Bonchev–Trinajstić information content (AvgIpc) is 2.39. The minimum atomic E-state index is -0.421. The molecule has 1 N–H and O–H groups in total. The molecule has 80 valence electrons. The molecular formula is C12H20O2. The molecule has 2 nitrogen and oxygen atoms in total. The molecule has 2 heteroatoms. The van der Waals surface area contributed by atoms with Crippen LogP contribution in [0, 0.1) is 17.3 Å². The Kier molecular flexibility index (Phi) is 2.42. The van der Waals surface area contributed by atoms with Crippen LogP contribution in [0.25, 0.3) is 0 Å². The second kappa shape index (κ2) is 3.34. The molecule has 0 radical (unpaired) electrons. The van der Waals surface area contributed by atoms with Crippen molar-refractivity contribution in [2.75, 3.05) is 0 Å². The van der Waals surface area contributed by atoms with Crippen molar-refractivity contribution in [3.63, 3.8) is 0 Å². The highest BCUT2D eigenvalue weighted by molar-refractivity contribution is 5.86. The number of hydrogen-bond donors (Lipinski definition) is 1. The molecule has 0 aromatic carbocycles. The van der Waals surface area contributed by atoms with Gasteiger partial charge in [-0.05, 0) is 44.4 Å². The van der Waals surface area contributed by atoms with E-state index in [1.54, 1.807) is 0 Å². The van der Waals surface area contributed by atoms with Crippen LogP contribution in [0.15, 0.2) is 0 Å². The second-order valence-corrected chi connectivity index (χ2v) is 5.28. The molecule has 2 saturated carbocycles. The summed E-state index contributed by atoms with van der Waals surface area (Å²) in [4.78, 5) is 12.0. The summed E-state index contributed by atoms with van der Waals surface area (Å²) in [6.45, 7) is 4.22. The van der Waals surface area contributed by atoms with Crippen LogP contribution in [-0.4, -0.2) is 17.0 Å². The fourth-order valence-corrected chi connectivity index (χ4v) is 3.51. The predicted octanol–water partition coefficient (Wildman–Crippen LogP) is 2.15. The third-order valence-electron chi connectivity index (χ3n) is 4.56. The molecule has 0 aromatic rings. The zero-order valence-electron chi connectivity index (χ0n) is 9.12. The van der Waals surface area contributed by atoms with Gasteiger partial charge in [0.05, 0.1) is 11.5 Å². The first-order valence-electron chi connectivity index (χ1n) is 5.78. The van der Waals surface area contributed by atoms with Gasteiger partial charge < -0.3 is 5.11 Å². The molecule has 2 rings (SSSR count). The molecule has 2 fully saturated rings. The number of aliphatic hydroxyl groups excluding tert-OH is 1. The van der Waals surface area contributed by atoms with E-state index in [0.717, 1.165) is 25.7 Å². The van der Waals surface area contributed by atoms with Gasteiger partial charge in [-0.25, -0.2) is 0 Å². The van der Waals surface area contributed by atoms with Crippen molar-refractivity contribution in [3.05, 3.63) is 0 Å². The van der Waals surface area contributed by atoms with Gasteiger partial charge in [-0.3, -0.25) is 4.79 Å². The molecule has 0 saturated heterocycles. The van der Waals surface area contributed by atoms with Crippen molar-refractivity contribution in [2.45, 2.75) is 52.1 Å². The van der Waals surface area contributed by atoms with Crippen molar-refractivity contribution in [1.29, 1.82) is 0 Å². The first-order chi connectivity index (χ1) is 6.56. The molecular weight excluding hydrogens is 176 g/mol. The maximum Gasteiger partial charge on any atom is 0.141 e. The van der Waals surface area contributed by atoms with Gasteiger partial charge in [0, 0.05) is 6.42 Å². The first kappa shape index (κ1) is 10.2. The van der Waals surface area contributed by atoms with Crippen molar-refractivity contribution in [3.8, 4) is 0 Å². The molecule has 4 atom stereocenters. The Hall–Kier alpha value is -0.370. The lowest BCUT2D eigenvalue weighted by atomic mass is 9.70. The quantitative estimate of drug-likeness (QED) is 0.644. The van der Waals surface area contributed by atoms with Crippen molar-refractivity contribution in [1.82, 2.24) is 0 Å². The Balaban J connectivity index is 2.34. The summed E-state index contributed by atoms with van der Waals surface area (Å²) in [5.74, 6) is 1.33. The van der Waals surface area contributed by atoms with E-state index in [0.29, 0.717) is 24.0 Å². The lowest BCUT2D eigenvalue weighted by Crippen LogP contribution is -2.41. The number of carbonyl (C=O) groups is 1. The van der Waals surface area contributed by atoms with Crippen LogP contribution in [0.3, 0.4) is 0 Å². The number of fused-ring (bicyclic) bond motifs is 1. The number of ketones is 1. The molecule has 0 aliphatic heterocycles. The topological polar surface area (TPSA) is 37.3 Å². The van der Waals surface area contributed by atoms with Gasteiger partial charge in [0.1, 0.15) is 5.78 Å². The molecule has 14 heavy (non-hydrogen) atoms. The zero-order chi connectivity index (χ0) is 10.3. The van der Waals surface area contributed by atoms with E-state index >= 15 is 0 Å². The van der Waals surface area contributed by atoms with Gasteiger partial charge in [0.25, 0.3) is 0 Å². The number of hydrogen-bond acceptors (Lipinski definition) is 2. The van der Waals surface area contributed by atoms with Crippen LogP contribution in [0.5, 0.6) is 0 Å². The summed E-state index contributed by atoms with van der Waals surface area (Å²) in [6, 6.07) is 0. The number of carbonyl (C=O) groups excluding carboxylic acids is 1. The van der Waals surface area contributed by atoms with Gasteiger partial charge in [0.15, 0.2) is 0 Å². The van der Waals surface area contributed by atoms with Crippen LogP contribution in [0.2, 0.25) is 0 Å². The lowest BCUT2D eigenvalue weighted by molar-refractivity contribution is -0.135. The Morgan fingerprint density at radius 2 is 2.07 bits per heavy atom. The van der Waals surface area contributed by atoms with Gasteiger partial charge >= 0.3 is 0 Å². The smallest absolute Gasteiger partial charge is 0.141 e.